The van der Waals surface area contributed by atoms with Crippen LogP contribution < -0.4 is 5.73 Å². The fourth-order valence-corrected chi connectivity index (χ4v) is 2.50. The van der Waals surface area contributed by atoms with Crippen LogP contribution in [0.5, 0.6) is 0 Å². The number of hydrogen-bond acceptors (Lipinski definition) is 6. The van der Waals surface area contributed by atoms with Gasteiger partial charge in [0.25, 0.3) is 0 Å². The lowest BCUT2D eigenvalue weighted by Gasteiger charge is -2.11. The molecule has 112 valence electrons. The van der Waals surface area contributed by atoms with Crippen molar-refractivity contribution in [1.29, 1.82) is 0 Å². The van der Waals surface area contributed by atoms with Crippen LogP contribution in [0.15, 0.2) is 6.33 Å². The molecule has 1 aliphatic heterocycles. The van der Waals surface area contributed by atoms with Gasteiger partial charge >= 0.3 is 0 Å². The van der Waals surface area contributed by atoms with Crippen LogP contribution in [-0.4, -0.2) is 31.9 Å². The summed E-state index contributed by atoms with van der Waals surface area (Å²) in [5.41, 5.74) is 7.02. The van der Waals surface area contributed by atoms with Gasteiger partial charge in [-0.2, -0.15) is 0 Å². The Hall–Kier alpha value is -2.02. The van der Waals surface area contributed by atoms with Crippen molar-refractivity contribution in [3.05, 3.63) is 12.2 Å². The zero-order valence-electron chi connectivity index (χ0n) is 12.1. The molecule has 0 bridgehead atoms. The summed E-state index contributed by atoms with van der Waals surface area (Å²) >= 11 is 0. The number of imidazole rings is 1. The Morgan fingerprint density at radius 2 is 2.38 bits per heavy atom. The Kier molecular flexibility index (Phi) is 3.83. The average Bonchev–Trinajstić information content (AvgIpc) is 3.12. The molecule has 0 aromatic carbocycles. The number of nitrogens with two attached hydrogens (primary N) is 1. The number of fused-ring (bicyclic) bond motifs is 1. The molecule has 0 saturated carbocycles. The number of ether oxygens (including phenoxy) is 1. The largest absolute Gasteiger partial charge is 0.382 e. The molecule has 3 rings (SSSR count). The first kappa shape index (κ1) is 13.9. The second kappa shape index (κ2) is 5.77. The van der Waals surface area contributed by atoms with E-state index in [1.807, 2.05) is 11.5 Å². The van der Waals surface area contributed by atoms with Crippen LogP contribution in [0.25, 0.3) is 11.2 Å². The Morgan fingerprint density at radius 3 is 3.10 bits per heavy atom. The highest BCUT2D eigenvalue weighted by molar-refractivity contribution is 5.95. The van der Waals surface area contributed by atoms with Gasteiger partial charge < -0.3 is 10.5 Å². The van der Waals surface area contributed by atoms with Crippen LogP contribution in [-0.2, 0) is 4.74 Å². The number of aromatic nitrogens is 4. The number of hydrogen-bond donors (Lipinski definition) is 1. The lowest BCUT2D eigenvalue weighted by molar-refractivity contribution is 0.0592. The van der Waals surface area contributed by atoms with Crippen molar-refractivity contribution in [2.24, 2.45) is 0 Å². The van der Waals surface area contributed by atoms with Gasteiger partial charge in [-0.05, 0) is 19.3 Å². The summed E-state index contributed by atoms with van der Waals surface area (Å²) in [4.78, 5) is 24.8. The van der Waals surface area contributed by atoms with Gasteiger partial charge in [0.15, 0.2) is 23.1 Å². The molecule has 0 aliphatic carbocycles. The third kappa shape index (κ3) is 2.61. The number of carbonyl (C=O) groups excluding carboxylic acids is 1. The van der Waals surface area contributed by atoms with Crippen molar-refractivity contribution >= 4 is 22.8 Å². The first-order valence-corrected chi connectivity index (χ1v) is 7.35. The molecule has 1 saturated heterocycles. The van der Waals surface area contributed by atoms with Gasteiger partial charge in [-0.25, -0.2) is 15.0 Å². The van der Waals surface area contributed by atoms with Gasteiger partial charge in [0.2, 0.25) is 0 Å². The number of rotatable bonds is 5. The topological polar surface area (TPSA) is 95.9 Å². The van der Waals surface area contributed by atoms with Crippen LogP contribution in [0.3, 0.4) is 0 Å². The summed E-state index contributed by atoms with van der Waals surface area (Å²) in [6.45, 7) is 2.77. The maximum atomic E-state index is 12.1. The highest BCUT2D eigenvalue weighted by atomic mass is 16.5. The predicted octanol–water partition coefficient (Wildman–Crippen LogP) is 2.09. The zero-order valence-corrected chi connectivity index (χ0v) is 12.1. The number of ketones is 1. The Labute approximate surface area is 122 Å². The van der Waals surface area contributed by atoms with Gasteiger partial charge in [-0.1, -0.05) is 13.3 Å². The maximum Gasteiger partial charge on any atom is 0.200 e. The first-order chi connectivity index (χ1) is 10.2. The molecule has 0 spiro atoms. The monoisotopic (exact) mass is 289 g/mol. The quantitative estimate of drug-likeness (QED) is 0.847. The summed E-state index contributed by atoms with van der Waals surface area (Å²) in [5.74, 6) is 0.343. The van der Waals surface area contributed by atoms with E-state index in [1.165, 1.54) is 0 Å². The van der Waals surface area contributed by atoms with Gasteiger partial charge in [0.1, 0.15) is 11.7 Å². The smallest absolute Gasteiger partial charge is 0.200 e. The number of Topliss-reactive ketones (excluding diaryl/α,β-unsaturated/α-hetero) is 1. The van der Waals surface area contributed by atoms with Crippen molar-refractivity contribution in [2.45, 2.75) is 45.3 Å². The van der Waals surface area contributed by atoms with E-state index in [0.717, 1.165) is 32.3 Å². The molecule has 1 aliphatic rings. The van der Waals surface area contributed by atoms with Crippen LogP contribution in [0.2, 0.25) is 0 Å². The summed E-state index contributed by atoms with van der Waals surface area (Å²) in [5, 5.41) is 0. The first-order valence-electron chi connectivity index (χ1n) is 7.35. The molecule has 2 aromatic heterocycles. The zero-order chi connectivity index (χ0) is 14.8. The van der Waals surface area contributed by atoms with Crippen molar-refractivity contribution in [2.75, 3.05) is 12.3 Å². The SMILES string of the molecule is CCCCC(=O)c1nc(N)c2ncn(C3CCCO3)c2n1. The van der Waals surface area contributed by atoms with E-state index in [2.05, 4.69) is 15.0 Å². The van der Waals surface area contributed by atoms with Gasteiger partial charge in [-0.15, -0.1) is 0 Å². The molecule has 7 heteroatoms. The van der Waals surface area contributed by atoms with Gasteiger partial charge in [0, 0.05) is 13.0 Å². The van der Waals surface area contributed by atoms with Crippen LogP contribution in [0.4, 0.5) is 5.82 Å². The lowest BCUT2D eigenvalue weighted by Crippen LogP contribution is -2.11. The minimum Gasteiger partial charge on any atom is -0.382 e. The normalized spacial score (nSPS) is 18.4. The van der Waals surface area contributed by atoms with Crippen LogP contribution in [0.1, 0.15) is 55.9 Å². The average molecular weight is 289 g/mol. The standard InChI is InChI=1S/C14H19N5O2/c1-2-3-5-9(20)13-17-12(15)11-14(18-13)19(8-16-11)10-6-4-7-21-10/h8,10H,2-7H2,1H3,(H2,15,17,18). The molecule has 3 heterocycles. The fraction of sp³-hybridized carbons (Fsp3) is 0.571. The van der Waals surface area contributed by atoms with Gasteiger partial charge in [0.05, 0.1) is 6.33 Å². The third-order valence-electron chi connectivity index (χ3n) is 3.67. The van der Waals surface area contributed by atoms with E-state index in [9.17, 15) is 4.79 Å². The predicted molar refractivity (Wildman–Crippen MR) is 77.8 cm³/mol. The summed E-state index contributed by atoms with van der Waals surface area (Å²) in [7, 11) is 0. The van der Waals surface area contributed by atoms with Gasteiger partial charge in [-0.3, -0.25) is 9.36 Å². The molecule has 1 fully saturated rings. The molecule has 0 amide bonds. The fourth-order valence-electron chi connectivity index (χ4n) is 2.50. The number of anilines is 1. The maximum absolute atomic E-state index is 12.1. The summed E-state index contributed by atoms with van der Waals surface area (Å²) < 4.78 is 7.49. The second-order valence-electron chi connectivity index (χ2n) is 5.25. The number of nitrogen functional groups attached to an aromatic ring is 1. The Morgan fingerprint density at radius 1 is 1.52 bits per heavy atom. The molecule has 2 aromatic rings. The van der Waals surface area contributed by atoms with Crippen molar-refractivity contribution < 1.29 is 9.53 Å². The van der Waals surface area contributed by atoms with E-state index in [1.54, 1.807) is 6.33 Å². The Balaban J connectivity index is 2.00. The molecular weight excluding hydrogens is 270 g/mol. The molecule has 1 atom stereocenters. The van der Waals surface area contributed by atoms with Crippen molar-refractivity contribution in [3.63, 3.8) is 0 Å². The molecule has 21 heavy (non-hydrogen) atoms. The van der Waals surface area contributed by atoms with E-state index in [-0.39, 0.29) is 23.7 Å². The molecule has 0 radical (unpaired) electrons. The second-order valence-corrected chi connectivity index (χ2v) is 5.25. The van der Waals surface area contributed by atoms with Crippen LogP contribution >= 0.6 is 0 Å². The summed E-state index contributed by atoms with van der Waals surface area (Å²) in [6, 6.07) is 0. The molecule has 1 unspecified atom stereocenters. The molecule has 7 nitrogen and oxygen atoms in total. The highest BCUT2D eigenvalue weighted by Gasteiger charge is 2.22. The summed E-state index contributed by atoms with van der Waals surface area (Å²) in [6.07, 6.45) is 5.72. The minimum absolute atomic E-state index is 0.0782. The van der Waals surface area contributed by atoms with E-state index < -0.39 is 0 Å². The van der Waals surface area contributed by atoms with Crippen molar-refractivity contribution in [3.8, 4) is 0 Å². The molecule has 2 N–H and O–H groups in total. The van der Waals surface area contributed by atoms with E-state index in [4.69, 9.17) is 10.5 Å². The Bertz CT molecular complexity index is 661. The number of unbranched alkanes of at least 4 members (excludes halogenated alkanes) is 1. The van der Waals surface area contributed by atoms with Crippen LogP contribution in [0, 0.1) is 0 Å². The highest BCUT2D eigenvalue weighted by Crippen LogP contribution is 2.27. The lowest BCUT2D eigenvalue weighted by atomic mass is 10.2. The number of carbonyl (C=O) groups is 1. The third-order valence-corrected chi connectivity index (χ3v) is 3.67. The van der Waals surface area contributed by atoms with E-state index >= 15 is 0 Å². The number of nitrogens with zero attached hydrogens (tertiary/aromatic N) is 4. The molecular formula is C14H19N5O2. The van der Waals surface area contributed by atoms with Crippen molar-refractivity contribution in [1.82, 2.24) is 19.5 Å². The minimum atomic E-state index is -0.0807. The van der Waals surface area contributed by atoms with E-state index in [0.29, 0.717) is 17.6 Å².